The maximum absolute atomic E-state index is 3.82. The van der Waals surface area contributed by atoms with Crippen LogP contribution in [0.4, 0.5) is 0 Å². The number of hydrogen-bond acceptors (Lipinski definition) is 4. The fourth-order valence-electron chi connectivity index (χ4n) is 0.603. The van der Waals surface area contributed by atoms with Gasteiger partial charge in [-0.3, -0.25) is 0 Å². The van der Waals surface area contributed by atoms with Crippen LogP contribution in [0.5, 0.6) is 0 Å². The van der Waals surface area contributed by atoms with Gasteiger partial charge in [0.05, 0.1) is 0 Å². The monoisotopic (exact) mass is 151 g/mol. The molecule has 2 heterocycles. The summed E-state index contributed by atoms with van der Waals surface area (Å²) in [7, 11) is 0. The fourth-order valence-corrected chi connectivity index (χ4v) is 0.603. The van der Waals surface area contributed by atoms with E-state index in [2.05, 4.69) is 20.6 Å². The van der Waals surface area contributed by atoms with Gasteiger partial charge in [-0.05, 0) is 22.6 Å². The van der Waals surface area contributed by atoms with Gasteiger partial charge < -0.3 is 0 Å². The van der Waals surface area contributed by atoms with E-state index in [1.165, 1.54) is 4.63 Å². The SMILES string of the molecule is CC.c1cnn2nnnc2c1. The van der Waals surface area contributed by atoms with Crippen molar-refractivity contribution in [2.75, 3.05) is 0 Å². The molecule has 2 aromatic heterocycles. The fraction of sp³-hybridized carbons (Fsp3) is 0.333. The van der Waals surface area contributed by atoms with Gasteiger partial charge in [-0.2, -0.15) is 5.10 Å². The molecule has 5 heteroatoms. The van der Waals surface area contributed by atoms with Crippen LogP contribution in [-0.2, 0) is 0 Å². The van der Waals surface area contributed by atoms with E-state index >= 15 is 0 Å². The molecule has 0 fully saturated rings. The molecular formula is C6H9N5. The highest BCUT2D eigenvalue weighted by Crippen LogP contribution is 1.87. The quantitative estimate of drug-likeness (QED) is 0.551. The Morgan fingerprint density at radius 3 is 2.91 bits per heavy atom. The zero-order chi connectivity index (χ0) is 8.10. The van der Waals surface area contributed by atoms with Crippen molar-refractivity contribution in [2.45, 2.75) is 13.8 Å². The summed E-state index contributed by atoms with van der Waals surface area (Å²) in [5.41, 5.74) is 0.664. The highest BCUT2D eigenvalue weighted by atomic mass is 15.6. The minimum absolute atomic E-state index is 0.664. The Hall–Kier alpha value is -1.52. The average Bonchev–Trinajstić information content (AvgIpc) is 2.55. The third kappa shape index (κ3) is 1.49. The molecule has 2 rings (SSSR count). The predicted octanol–water partition coefficient (Wildman–Crippen LogP) is 0.545. The smallest absolute Gasteiger partial charge is 0.155 e. The van der Waals surface area contributed by atoms with Crippen LogP contribution in [0.25, 0.3) is 5.65 Å². The van der Waals surface area contributed by atoms with Crippen LogP contribution < -0.4 is 0 Å². The lowest BCUT2D eigenvalue weighted by molar-refractivity contribution is 0.733. The van der Waals surface area contributed by atoms with Crippen LogP contribution in [0.1, 0.15) is 13.8 Å². The molecule has 2 aromatic rings. The van der Waals surface area contributed by atoms with Crippen LogP contribution in [0.15, 0.2) is 18.3 Å². The van der Waals surface area contributed by atoms with E-state index in [1.807, 2.05) is 13.8 Å². The summed E-state index contributed by atoms with van der Waals surface area (Å²) in [5.74, 6) is 0. The van der Waals surface area contributed by atoms with E-state index in [4.69, 9.17) is 0 Å². The largest absolute Gasteiger partial charge is 0.199 e. The van der Waals surface area contributed by atoms with Crippen molar-refractivity contribution in [3.8, 4) is 0 Å². The Morgan fingerprint density at radius 1 is 1.36 bits per heavy atom. The molecule has 11 heavy (non-hydrogen) atoms. The molecule has 0 amide bonds. The molecule has 0 saturated carbocycles. The minimum atomic E-state index is 0.664. The number of tetrazole rings is 1. The standard InChI is InChI=1S/C4H3N5.C2H6/c1-2-4-6-7-8-9(4)5-3-1;1-2/h1-3H;1-2H3. The number of fused-ring (bicyclic) bond motifs is 1. The van der Waals surface area contributed by atoms with Crippen molar-refractivity contribution in [3.63, 3.8) is 0 Å². The first-order valence-electron chi connectivity index (χ1n) is 3.46. The van der Waals surface area contributed by atoms with Gasteiger partial charge in [0, 0.05) is 6.20 Å². The highest BCUT2D eigenvalue weighted by Gasteiger charge is 1.90. The molecule has 0 aliphatic rings. The van der Waals surface area contributed by atoms with Crippen LogP contribution in [0, 0.1) is 0 Å². The summed E-state index contributed by atoms with van der Waals surface area (Å²) in [4.78, 5) is 0. The predicted molar refractivity (Wildman–Crippen MR) is 39.9 cm³/mol. The van der Waals surface area contributed by atoms with Gasteiger partial charge in [0.1, 0.15) is 0 Å². The summed E-state index contributed by atoms with van der Waals surface area (Å²) in [6.07, 6.45) is 1.63. The Morgan fingerprint density at radius 2 is 2.18 bits per heavy atom. The van der Waals surface area contributed by atoms with Crippen molar-refractivity contribution in [2.24, 2.45) is 0 Å². The van der Waals surface area contributed by atoms with E-state index in [9.17, 15) is 0 Å². The van der Waals surface area contributed by atoms with Crippen LogP contribution in [0.2, 0.25) is 0 Å². The molecule has 0 aromatic carbocycles. The first kappa shape index (κ1) is 7.59. The van der Waals surface area contributed by atoms with Crippen LogP contribution in [-0.4, -0.2) is 25.3 Å². The normalized spacial score (nSPS) is 8.91. The topological polar surface area (TPSA) is 56.0 Å². The van der Waals surface area contributed by atoms with Crippen molar-refractivity contribution < 1.29 is 0 Å². The molecule has 0 bridgehead atoms. The summed E-state index contributed by atoms with van der Waals surface area (Å²) >= 11 is 0. The van der Waals surface area contributed by atoms with Gasteiger partial charge in [0.2, 0.25) is 0 Å². The molecule has 0 radical (unpaired) electrons. The molecule has 5 nitrogen and oxygen atoms in total. The number of nitrogens with zero attached hydrogens (tertiary/aromatic N) is 5. The Balaban J connectivity index is 0.000000281. The molecular weight excluding hydrogens is 142 g/mol. The van der Waals surface area contributed by atoms with E-state index < -0.39 is 0 Å². The summed E-state index contributed by atoms with van der Waals surface area (Å²) in [6.45, 7) is 4.00. The lowest BCUT2D eigenvalue weighted by Gasteiger charge is -1.81. The second-order valence-corrected chi connectivity index (χ2v) is 1.55. The highest BCUT2D eigenvalue weighted by molar-refractivity contribution is 5.30. The van der Waals surface area contributed by atoms with Gasteiger partial charge in [0.25, 0.3) is 0 Å². The molecule has 0 spiro atoms. The summed E-state index contributed by atoms with van der Waals surface area (Å²) < 4.78 is 1.36. The number of aromatic nitrogens is 5. The van der Waals surface area contributed by atoms with E-state index in [1.54, 1.807) is 18.3 Å². The average molecular weight is 151 g/mol. The third-order valence-electron chi connectivity index (χ3n) is 0.984. The van der Waals surface area contributed by atoms with Gasteiger partial charge in [0.15, 0.2) is 5.65 Å². The van der Waals surface area contributed by atoms with Gasteiger partial charge in [-0.15, -0.1) is 9.73 Å². The van der Waals surface area contributed by atoms with Crippen LogP contribution >= 0.6 is 0 Å². The first-order valence-corrected chi connectivity index (χ1v) is 3.46. The molecule has 0 aliphatic carbocycles. The number of hydrogen-bond donors (Lipinski definition) is 0. The van der Waals surface area contributed by atoms with E-state index in [-0.39, 0.29) is 0 Å². The molecule has 0 unspecified atom stereocenters. The first-order chi connectivity index (χ1) is 5.47. The van der Waals surface area contributed by atoms with Gasteiger partial charge in [-0.1, -0.05) is 13.8 Å². The maximum Gasteiger partial charge on any atom is 0.199 e. The summed E-state index contributed by atoms with van der Waals surface area (Å²) in [6, 6.07) is 3.57. The van der Waals surface area contributed by atoms with Crippen molar-refractivity contribution in [3.05, 3.63) is 18.3 Å². The molecule has 0 saturated heterocycles. The zero-order valence-electron chi connectivity index (χ0n) is 6.47. The van der Waals surface area contributed by atoms with Gasteiger partial charge in [-0.25, -0.2) is 0 Å². The lowest BCUT2D eigenvalue weighted by atomic mass is 10.6. The number of rotatable bonds is 0. The lowest BCUT2D eigenvalue weighted by Crippen LogP contribution is -1.90. The molecule has 0 atom stereocenters. The summed E-state index contributed by atoms with van der Waals surface area (Å²) in [5, 5.41) is 14.4. The van der Waals surface area contributed by atoms with E-state index in [0.29, 0.717) is 5.65 Å². The third-order valence-corrected chi connectivity index (χ3v) is 0.984. The Labute approximate surface area is 64.0 Å². The second kappa shape index (κ2) is 3.60. The second-order valence-electron chi connectivity index (χ2n) is 1.55. The zero-order valence-corrected chi connectivity index (χ0v) is 6.47. The van der Waals surface area contributed by atoms with E-state index in [0.717, 1.165) is 0 Å². The van der Waals surface area contributed by atoms with Gasteiger partial charge >= 0.3 is 0 Å². The Bertz CT molecular complexity index is 285. The van der Waals surface area contributed by atoms with Crippen molar-refractivity contribution in [1.29, 1.82) is 0 Å². The molecule has 58 valence electrons. The van der Waals surface area contributed by atoms with Crippen molar-refractivity contribution in [1.82, 2.24) is 25.3 Å². The van der Waals surface area contributed by atoms with Crippen molar-refractivity contribution >= 4 is 5.65 Å². The molecule has 0 aliphatic heterocycles. The molecule has 0 N–H and O–H groups in total. The van der Waals surface area contributed by atoms with Crippen LogP contribution in [0.3, 0.4) is 0 Å². The maximum atomic E-state index is 3.82. The Kier molecular flexibility index (Phi) is 2.48. The minimum Gasteiger partial charge on any atom is -0.155 e.